The molecule has 1 atom stereocenters. The van der Waals surface area contributed by atoms with Crippen molar-refractivity contribution in [2.75, 3.05) is 26.8 Å². The molecule has 1 aromatic carbocycles. The Morgan fingerprint density at radius 1 is 1.41 bits per heavy atom. The molecule has 0 bridgehead atoms. The Labute approximate surface area is 103 Å². The number of hydrogen-bond donors (Lipinski definition) is 1. The molecule has 0 aromatic heterocycles. The smallest absolute Gasteiger partial charge is 0.124 e. The third-order valence-corrected chi connectivity index (χ3v) is 3.21. The highest BCUT2D eigenvalue weighted by molar-refractivity contribution is 5.36. The maximum absolute atomic E-state index is 5.78. The van der Waals surface area contributed by atoms with Crippen LogP contribution in [0, 0.1) is 12.8 Å². The van der Waals surface area contributed by atoms with Crippen LogP contribution in [-0.4, -0.2) is 26.8 Å². The van der Waals surface area contributed by atoms with Crippen molar-refractivity contribution in [3.8, 4) is 5.75 Å². The molecule has 1 aromatic rings. The highest BCUT2D eigenvalue weighted by Gasteiger charge is 2.14. The molecule has 1 heterocycles. The van der Waals surface area contributed by atoms with Crippen LogP contribution in [0.15, 0.2) is 18.2 Å². The Morgan fingerprint density at radius 3 is 3.00 bits per heavy atom. The van der Waals surface area contributed by atoms with Gasteiger partial charge < -0.3 is 14.8 Å². The first-order chi connectivity index (χ1) is 8.29. The fourth-order valence-corrected chi connectivity index (χ4v) is 2.21. The molecule has 0 amide bonds. The Morgan fingerprint density at radius 2 is 2.29 bits per heavy atom. The maximum Gasteiger partial charge on any atom is 0.124 e. The van der Waals surface area contributed by atoms with Gasteiger partial charge in [0.2, 0.25) is 0 Å². The monoisotopic (exact) mass is 235 g/mol. The van der Waals surface area contributed by atoms with E-state index in [-0.39, 0.29) is 0 Å². The van der Waals surface area contributed by atoms with Crippen molar-refractivity contribution in [1.29, 1.82) is 0 Å². The average Bonchev–Trinajstić information content (AvgIpc) is 2.82. The lowest BCUT2D eigenvalue weighted by atomic mass is 10.1. The molecular weight excluding hydrogens is 214 g/mol. The van der Waals surface area contributed by atoms with Gasteiger partial charge in [0.15, 0.2) is 0 Å². The maximum atomic E-state index is 5.78. The molecule has 1 aliphatic heterocycles. The Hall–Kier alpha value is -1.06. The van der Waals surface area contributed by atoms with E-state index in [0.29, 0.717) is 12.5 Å². The first-order valence-electron chi connectivity index (χ1n) is 6.21. The van der Waals surface area contributed by atoms with Crippen molar-refractivity contribution in [2.45, 2.75) is 20.0 Å². The fourth-order valence-electron chi connectivity index (χ4n) is 2.21. The van der Waals surface area contributed by atoms with Crippen LogP contribution < -0.4 is 10.1 Å². The normalized spacial score (nSPS) is 19.5. The van der Waals surface area contributed by atoms with Crippen molar-refractivity contribution >= 4 is 0 Å². The second-order valence-corrected chi connectivity index (χ2v) is 4.69. The lowest BCUT2D eigenvalue weighted by Gasteiger charge is -2.12. The van der Waals surface area contributed by atoms with Gasteiger partial charge in [0.05, 0.1) is 20.3 Å². The molecule has 0 spiro atoms. The molecule has 0 radical (unpaired) electrons. The van der Waals surface area contributed by atoms with Gasteiger partial charge in [0, 0.05) is 12.1 Å². The molecule has 17 heavy (non-hydrogen) atoms. The number of nitrogens with one attached hydrogen (secondary N) is 1. The fraction of sp³-hybridized carbons (Fsp3) is 0.571. The minimum atomic E-state index is 0.640. The van der Waals surface area contributed by atoms with Gasteiger partial charge in [-0.15, -0.1) is 0 Å². The Balaban J connectivity index is 1.86. The SMILES string of the molecule is COc1ccc(C)cc1COCC1CCNC1. The summed E-state index contributed by atoms with van der Waals surface area (Å²) in [6.45, 7) is 5.78. The largest absolute Gasteiger partial charge is 0.496 e. The van der Waals surface area contributed by atoms with Crippen LogP contribution >= 0.6 is 0 Å². The summed E-state index contributed by atoms with van der Waals surface area (Å²) in [5.41, 5.74) is 2.38. The van der Waals surface area contributed by atoms with Gasteiger partial charge in [-0.3, -0.25) is 0 Å². The number of hydrogen-bond acceptors (Lipinski definition) is 3. The van der Waals surface area contributed by atoms with E-state index in [4.69, 9.17) is 9.47 Å². The third kappa shape index (κ3) is 3.45. The average molecular weight is 235 g/mol. The number of methoxy groups -OCH3 is 1. The molecule has 1 saturated heterocycles. The molecular formula is C14H21NO2. The summed E-state index contributed by atoms with van der Waals surface area (Å²) in [7, 11) is 1.70. The van der Waals surface area contributed by atoms with Crippen LogP contribution in [0.5, 0.6) is 5.75 Å². The van der Waals surface area contributed by atoms with Crippen molar-refractivity contribution in [3.63, 3.8) is 0 Å². The Bertz CT molecular complexity index is 359. The number of aryl methyl sites for hydroxylation is 1. The molecule has 3 heteroatoms. The molecule has 1 unspecified atom stereocenters. The predicted molar refractivity (Wildman–Crippen MR) is 68.4 cm³/mol. The van der Waals surface area contributed by atoms with Crippen molar-refractivity contribution in [1.82, 2.24) is 5.32 Å². The quantitative estimate of drug-likeness (QED) is 0.848. The number of benzene rings is 1. The van der Waals surface area contributed by atoms with Crippen molar-refractivity contribution in [3.05, 3.63) is 29.3 Å². The number of ether oxygens (including phenoxy) is 2. The highest BCUT2D eigenvalue weighted by atomic mass is 16.5. The predicted octanol–water partition coefficient (Wildman–Crippen LogP) is 2.13. The first-order valence-corrected chi connectivity index (χ1v) is 6.21. The zero-order valence-electron chi connectivity index (χ0n) is 10.7. The van der Waals surface area contributed by atoms with Crippen LogP contribution in [0.2, 0.25) is 0 Å². The highest BCUT2D eigenvalue weighted by Crippen LogP contribution is 2.21. The van der Waals surface area contributed by atoms with Crippen molar-refractivity contribution < 1.29 is 9.47 Å². The zero-order chi connectivity index (χ0) is 12.1. The zero-order valence-corrected chi connectivity index (χ0v) is 10.7. The van der Waals surface area contributed by atoms with Crippen molar-refractivity contribution in [2.24, 2.45) is 5.92 Å². The van der Waals surface area contributed by atoms with Gasteiger partial charge in [0.25, 0.3) is 0 Å². The van der Waals surface area contributed by atoms with Crippen LogP contribution in [-0.2, 0) is 11.3 Å². The van der Waals surface area contributed by atoms with Gasteiger partial charge in [-0.05, 0) is 31.9 Å². The van der Waals surface area contributed by atoms with Gasteiger partial charge in [-0.2, -0.15) is 0 Å². The van der Waals surface area contributed by atoms with E-state index in [2.05, 4.69) is 24.4 Å². The van der Waals surface area contributed by atoms with Gasteiger partial charge in [-0.1, -0.05) is 17.7 Å². The summed E-state index contributed by atoms with van der Waals surface area (Å²) in [6, 6.07) is 6.19. The second-order valence-electron chi connectivity index (χ2n) is 4.69. The molecule has 1 N–H and O–H groups in total. The minimum Gasteiger partial charge on any atom is -0.496 e. The molecule has 1 fully saturated rings. The summed E-state index contributed by atoms with van der Waals surface area (Å²) in [5, 5.41) is 3.35. The first kappa shape index (κ1) is 12.4. The molecule has 0 saturated carbocycles. The van der Waals surface area contributed by atoms with E-state index in [9.17, 15) is 0 Å². The number of rotatable bonds is 5. The summed E-state index contributed by atoms with van der Waals surface area (Å²) < 4.78 is 11.1. The topological polar surface area (TPSA) is 30.5 Å². The summed E-state index contributed by atoms with van der Waals surface area (Å²) in [4.78, 5) is 0. The molecule has 2 rings (SSSR count). The van der Waals surface area contributed by atoms with E-state index in [1.165, 1.54) is 12.0 Å². The molecule has 3 nitrogen and oxygen atoms in total. The van der Waals surface area contributed by atoms with Crippen LogP contribution in [0.4, 0.5) is 0 Å². The van der Waals surface area contributed by atoms with E-state index in [0.717, 1.165) is 31.0 Å². The molecule has 0 aliphatic carbocycles. The summed E-state index contributed by atoms with van der Waals surface area (Å²) in [6.07, 6.45) is 1.23. The van der Waals surface area contributed by atoms with Gasteiger partial charge in [0.1, 0.15) is 5.75 Å². The van der Waals surface area contributed by atoms with E-state index < -0.39 is 0 Å². The standard InChI is InChI=1S/C14H21NO2/c1-11-3-4-14(16-2)13(7-11)10-17-9-12-5-6-15-8-12/h3-4,7,12,15H,5-6,8-10H2,1-2H3. The Kier molecular flexibility index (Phi) is 4.40. The third-order valence-electron chi connectivity index (χ3n) is 3.21. The minimum absolute atomic E-state index is 0.640. The molecule has 1 aliphatic rings. The lowest BCUT2D eigenvalue weighted by molar-refractivity contribution is 0.0910. The second kappa shape index (κ2) is 6.03. The summed E-state index contributed by atoms with van der Waals surface area (Å²) in [5.74, 6) is 1.59. The van der Waals surface area contributed by atoms with Gasteiger partial charge in [-0.25, -0.2) is 0 Å². The van der Waals surface area contributed by atoms with E-state index >= 15 is 0 Å². The lowest BCUT2D eigenvalue weighted by Crippen LogP contribution is -2.13. The van der Waals surface area contributed by atoms with Crippen LogP contribution in [0.3, 0.4) is 0 Å². The van der Waals surface area contributed by atoms with Crippen LogP contribution in [0.1, 0.15) is 17.5 Å². The summed E-state index contributed by atoms with van der Waals surface area (Å²) >= 11 is 0. The molecule has 94 valence electrons. The van der Waals surface area contributed by atoms with E-state index in [1.807, 2.05) is 6.07 Å². The van der Waals surface area contributed by atoms with Crippen LogP contribution in [0.25, 0.3) is 0 Å². The van der Waals surface area contributed by atoms with E-state index in [1.54, 1.807) is 7.11 Å². The van der Waals surface area contributed by atoms with Gasteiger partial charge >= 0.3 is 0 Å².